The highest BCUT2D eigenvalue weighted by molar-refractivity contribution is 5.73. The van der Waals surface area contributed by atoms with E-state index in [-0.39, 0.29) is 0 Å². The first-order valence-electron chi connectivity index (χ1n) is 7.67. The smallest absolute Gasteiger partial charge is 0.172 e. The molecule has 1 heterocycles. The van der Waals surface area contributed by atoms with Crippen LogP contribution in [0.2, 0.25) is 0 Å². The molecule has 0 unspecified atom stereocenters. The van der Waals surface area contributed by atoms with Crippen molar-refractivity contribution in [2.24, 2.45) is 0 Å². The van der Waals surface area contributed by atoms with Crippen LogP contribution in [0.1, 0.15) is 53.5 Å². The van der Waals surface area contributed by atoms with Crippen LogP contribution in [0.3, 0.4) is 0 Å². The minimum absolute atomic E-state index is 0.485. The van der Waals surface area contributed by atoms with E-state index in [1.807, 2.05) is 4.68 Å². The van der Waals surface area contributed by atoms with E-state index in [0.717, 1.165) is 37.8 Å². The first kappa shape index (κ1) is 15.4. The summed E-state index contributed by atoms with van der Waals surface area (Å²) in [6, 6.07) is 8.52. The van der Waals surface area contributed by atoms with E-state index in [1.54, 1.807) is 0 Å². The minimum atomic E-state index is 0.485. The maximum absolute atomic E-state index is 11.1. The molecule has 0 amide bonds. The summed E-state index contributed by atoms with van der Waals surface area (Å²) in [5, 5.41) is 8.11. The third-order valence-corrected chi connectivity index (χ3v) is 3.72. The molecule has 0 saturated carbocycles. The zero-order valence-corrected chi connectivity index (χ0v) is 12.9. The molecule has 112 valence electrons. The predicted octanol–water partition coefficient (Wildman–Crippen LogP) is 3.37. The van der Waals surface area contributed by atoms with Crippen LogP contribution >= 0.6 is 0 Å². The Morgan fingerprint density at radius 1 is 1.14 bits per heavy atom. The molecule has 0 fully saturated rings. The first-order valence-corrected chi connectivity index (χ1v) is 7.67. The molecule has 4 heteroatoms. The molecular formula is C17H23N3O. The number of benzene rings is 1. The highest BCUT2D eigenvalue weighted by Gasteiger charge is 2.12. The third kappa shape index (κ3) is 4.25. The van der Waals surface area contributed by atoms with Gasteiger partial charge in [0, 0.05) is 6.54 Å². The van der Waals surface area contributed by atoms with Crippen LogP contribution < -0.4 is 0 Å². The van der Waals surface area contributed by atoms with Gasteiger partial charge < -0.3 is 0 Å². The van der Waals surface area contributed by atoms with Gasteiger partial charge in [0.05, 0.1) is 5.69 Å². The first-order chi connectivity index (χ1) is 10.2. The topological polar surface area (TPSA) is 47.8 Å². The van der Waals surface area contributed by atoms with Crippen LogP contribution in [-0.4, -0.2) is 21.3 Å². The molecule has 0 aliphatic rings. The van der Waals surface area contributed by atoms with Gasteiger partial charge in [-0.15, -0.1) is 5.10 Å². The van der Waals surface area contributed by atoms with Gasteiger partial charge in [0.15, 0.2) is 6.29 Å². The van der Waals surface area contributed by atoms with Gasteiger partial charge in [0.1, 0.15) is 5.69 Å². The molecule has 0 bridgehead atoms. The van der Waals surface area contributed by atoms with Crippen LogP contribution in [0.15, 0.2) is 24.3 Å². The molecule has 2 rings (SSSR count). The van der Waals surface area contributed by atoms with Gasteiger partial charge in [0.2, 0.25) is 0 Å². The SMILES string of the molecule is CCCCCn1nnc(C=O)c1CCc1ccc(C)cc1. The van der Waals surface area contributed by atoms with Gasteiger partial charge >= 0.3 is 0 Å². The van der Waals surface area contributed by atoms with E-state index in [4.69, 9.17) is 0 Å². The zero-order chi connectivity index (χ0) is 15.1. The van der Waals surface area contributed by atoms with Crippen molar-refractivity contribution in [2.45, 2.75) is 52.5 Å². The van der Waals surface area contributed by atoms with Gasteiger partial charge in [-0.3, -0.25) is 4.79 Å². The van der Waals surface area contributed by atoms with Crippen molar-refractivity contribution in [3.05, 3.63) is 46.8 Å². The standard InChI is InChI=1S/C17H23N3O/c1-3-4-5-12-20-17(16(13-21)18-19-20)11-10-15-8-6-14(2)7-9-15/h6-9,13H,3-5,10-12H2,1-2H3. The zero-order valence-electron chi connectivity index (χ0n) is 12.9. The Morgan fingerprint density at radius 3 is 2.57 bits per heavy atom. The summed E-state index contributed by atoms with van der Waals surface area (Å²) in [5.74, 6) is 0. The molecule has 1 aromatic heterocycles. The van der Waals surface area contributed by atoms with E-state index in [2.05, 4.69) is 48.4 Å². The lowest BCUT2D eigenvalue weighted by atomic mass is 10.1. The molecule has 1 aromatic carbocycles. The Kier molecular flexibility index (Phi) is 5.67. The summed E-state index contributed by atoms with van der Waals surface area (Å²) in [6.07, 6.45) is 5.95. The number of unbranched alkanes of at least 4 members (excludes halogenated alkanes) is 2. The fourth-order valence-corrected chi connectivity index (χ4v) is 2.40. The average Bonchev–Trinajstić information content (AvgIpc) is 2.89. The molecule has 0 atom stereocenters. The summed E-state index contributed by atoms with van der Waals surface area (Å²) in [6.45, 7) is 5.11. The number of aldehydes is 1. The number of hydrogen-bond donors (Lipinski definition) is 0. The molecule has 0 saturated heterocycles. The van der Waals surface area contributed by atoms with Crippen LogP contribution in [0, 0.1) is 6.92 Å². The van der Waals surface area contributed by atoms with E-state index < -0.39 is 0 Å². The van der Waals surface area contributed by atoms with Crippen molar-refractivity contribution in [2.75, 3.05) is 0 Å². The van der Waals surface area contributed by atoms with Crippen LogP contribution in [0.4, 0.5) is 0 Å². The largest absolute Gasteiger partial charge is 0.296 e. The summed E-state index contributed by atoms with van der Waals surface area (Å²) < 4.78 is 1.90. The molecule has 0 N–H and O–H groups in total. The Hall–Kier alpha value is -1.97. The van der Waals surface area contributed by atoms with E-state index >= 15 is 0 Å². The monoisotopic (exact) mass is 285 g/mol. The van der Waals surface area contributed by atoms with Gasteiger partial charge in [-0.25, -0.2) is 4.68 Å². The van der Waals surface area contributed by atoms with Crippen LogP contribution in [0.5, 0.6) is 0 Å². The Labute approximate surface area is 126 Å². The molecule has 4 nitrogen and oxygen atoms in total. The second kappa shape index (κ2) is 7.72. The molecule has 21 heavy (non-hydrogen) atoms. The van der Waals surface area contributed by atoms with Crippen molar-refractivity contribution in [3.63, 3.8) is 0 Å². The number of aryl methyl sites for hydroxylation is 3. The number of nitrogens with zero attached hydrogens (tertiary/aromatic N) is 3. The molecule has 0 spiro atoms. The van der Waals surface area contributed by atoms with E-state index in [1.165, 1.54) is 24.0 Å². The molecular weight excluding hydrogens is 262 g/mol. The second-order valence-corrected chi connectivity index (χ2v) is 5.46. The number of hydrogen-bond acceptors (Lipinski definition) is 3. The third-order valence-electron chi connectivity index (χ3n) is 3.72. The number of aromatic nitrogens is 3. The minimum Gasteiger partial charge on any atom is -0.296 e. The van der Waals surface area contributed by atoms with Gasteiger partial charge in [-0.05, 0) is 31.7 Å². The second-order valence-electron chi connectivity index (χ2n) is 5.46. The molecule has 0 radical (unpaired) electrons. The Morgan fingerprint density at radius 2 is 1.90 bits per heavy atom. The Balaban J connectivity index is 2.04. The molecule has 0 aliphatic carbocycles. The lowest BCUT2D eigenvalue weighted by molar-refractivity contribution is 0.111. The molecule has 2 aromatic rings. The number of carbonyl (C=O) groups excluding carboxylic acids is 1. The number of carbonyl (C=O) groups is 1. The van der Waals surface area contributed by atoms with Crippen molar-refractivity contribution in [1.82, 2.24) is 15.0 Å². The lowest BCUT2D eigenvalue weighted by Crippen LogP contribution is -2.08. The van der Waals surface area contributed by atoms with Crippen molar-refractivity contribution < 1.29 is 4.79 Å². The Bertz CT molecular complexity index is 572. The maximum atomic E-state index is 11.1. The van der Waals surface area contributed by atoms with Gasteiger partial charge in [0.25, 0.3) is 0 Å². The van der Waals surface area contributed by atoms with E-state index in [0.29, 0.717) is 5.69 Å². The van der Waals surface area contributed by atoms with Gasteiger partial charge in [-0.1, -0.05) is 54.8 Å². The highest BCUT2D eigenvalue weighted by Crippen LogP contribution is 2.11. The fraction of sp³-hybridized carbons (Fsp3) is 0.471. The normalized spacial score (nSPS) is 10.8. The lowest BCUT2D eigenvalue weighted by Gasteiger charge is -2.07. The van der Waals surface area contributed by atoms with Crippen molar-refractivity contribution in [1.29, 1.82) is 0 Å². The average molecular weight is 285 g/mol. The predicted molar refractivity (Wildman–Crippen MR) is 83.5 cm³/mol. The van der Waals surface area contributed by atoms with Crippen LogP contribution in [0.25, 0.3) is 0 Å². The summed E-state index contributed by atoms with van der Waals surface area (Å²) in [7, 11) is 0. The van der Waals surface area contributed by atoms with Crippen LogP contribution in [-0.2, 0) is 19.4 Å². The summed E-state index contributed by atoms with van der Waals surface area (Å²) >= 11 is 0. The van der Waals surface area contributed by atoms with Crippen molar-refractivity contribution in [3.8, 4) is 0 Å². The quantitative estimate of drug-likeness (QED) is 0.552. The number of rotatable bonds is 8. The van der Waals surface area contributed by atoms with Gasteiger partial charge in [-0.2, -0.15) is 0 Å². The highest BCUT2D eigenvalue weighted by atomic mass is 16.1. The molecule has 0 aliphatic heterocycles. The van der Waals surface area contributed by atoms with E-state index in [9.17, 15) is 4.79 Å². The van der Waals surface area contributed by atoms with Crippen molar-refractivity contribution >= 4 is 6.29 Å². The summed E-state index contributed by atoms with van der Waals surface area (Å²) in [5.41, 5.74) is 3.98. The summed E-state index contributed by atoms with van der Waals surface area (Å²) in [4.78, 5) is 11.1. The maximum Gasteiger partial charge on any atom is 0.172 e. The fourth-order valence-electron chi connectivity index (χ4n) is 2.40.